The van der Waals surface area contributed by atoms with Crippen LogP contribution >= 0.6 is 0 Å². The number of hydrogen-bond donors (Lipinski definition) is 0. The highest BCUT2D eigenvalue weighted by molar-refractivity contribution is 5.77. The van der Waals surface area contributed by atoms with Crippen LogP contribution in [-0.4, -0.2) is 67.0 Å². The van der Waals surface area contributed by atoms with E-state index in [2.05, 4.69) is 26.1 Å². The number of aryl methyl sites for hydroxylation is 2. The van der Waals surface area contributed by atoms with E-state index in [0.717, 1.165) is 37.3 Å². The van der Waals surface area contributed by atoms with Crippen LogP contribution in [0.4, 0.5) is 0 Å². The quantitative estimate of drug-likeness (QED) is 0.655. The van der Waals surface area contributed by atoms with E-state index in [1.165, 1.54) is 48.5 Å². The van der Waals surface area contributed by atoms with Crippen molar-refractivity contribution in [1.82, 2.24) is 29.4 Å². The summed E-state index contributed by atoms with van der Waals surface area (Å²) in [6.07, 6.45) is 9.75. The van der Waals surface area contributed by atoms with Gasteiger partial charge in [-0.25, -0.2) is 9.36 Å². The first kappa shape index (κ1) is 21.8. The van der Waals surface area contributed by atoms with Crippen LogP contribution in [0.25, 0.3) is 5.82 Å². The maximum atomic E-state index is 13.6. The first-order valence-corrected chi connectivity index (χ1v) is 12.8. The van der Waals surface area contributed by atoms with Crippen LogP contribution < -0.4 is 5.56 Å². The lowest BCUT2D eigenvalue weighted by atomic mass is 9.68. The number of nitrogens with zero attached hydrogens (tertiary/aromatic N) is 6. The number of carbonyl (C=O) groups excluding carboxylic acids is 1. The maximum absolute atomic E-state index is 13.6. The molecule has 2 aromatic rings. The second-order valence-corrected chi connectivity index (χ2v) is 10.6. The molecule has 8 heteroatoms. The average molecular weight is 463 g/mol. The Balaban J connectivity index is 1.26. The molecule has 3 aliphatic heterocycles. The van der Waals surface area contributed by atoms with Crippen molar-refractivity contribution in [2.45, 2.75) is 71.0 Å². The Morgan fingerprint density at radius 2 is 2.00 bits per heavy atom. The number of aromatic nitrogens is 4. The molecule has 5 heterocycles. The summed E-state index contributed by atoms with van der Waals surface area (Å²) in [6.45, 7) is 6.90. The summed E-state index contributed by atoms with van der Waals surface area (Å²) < 4.78 is 3.02. The minimum atomic E-state index is -0.260. The van der Waals surface area contributed by atoms with Gasteiger partial charge in [-0.05, 0) is 76.5 Å². The van der Waals surface area contributed by atoms with Crippen molar-refractivity contribution in [1.29, 1.82) is 0 Å². The van der Waals surface area contributed by atoms with E-state index in [0.29, 0.717) is 23.7 Å². The molecule has 8 nitrogen and oxygen atoms in total. The predicted molar refractivity (Wildman–Crippen MR) is 129 cm³/mol. The number of hydrogen-bond acceptors (Lipinski definition) is 5. The smallest absolute Gasteiger partial charge is 0.267 e. The topological polar surface area (TPSA) is 76.3 Å². The first-order chi connectivity index (χ1) is 16.5. The normalized spacial score (nSPS) is 28.8. The molecule has 0 N–H and O–H groups in total. The molecule has 2 bridgehead atoms. The fraction of sp³-hybridized carbons (Fsp3) is 0.615. The van der Waals surface area contributed by atoms with Crippen molar-refractivity contribution in [3.63, 3.8) is 0 Å². The Labute approximate surface area is 200 Å². The molecule has 34 heavy (non-hydrogen) atoms. The molecule has 3 fully saturated rings. The predicted octanol–water partition coefficient (Wildman–Crippen LogP) is 2.47. The van der Waals surface area contributed by atoms with Crippen LogP contribution in [0.5, 0.6) is 0 Å². The van der Waals surface area contributed by atoms with Crippen molar-refractivity contribution >= 4 is 5.91 Å². The van der Waals surface area contributed by atoms with Crippen LogP contribution in [0.15, 0.2) is 34.6 Å². The van der Waals surface area contributed by atoms with Gasteiger partial charge in [-0.15, -0.1) is 5.10 Å². The number of amides is 1. The highest BCUT2D eigenvalue weighted by Gasteiger charge is 2.46. The number of fused-ring (bicyclic) bond motifs is 6. The van der Waals surface area contributed by atoms with Gasteiger partial charge in [-0.2, -0.15) is 5.10 Å². The molecule has 3 saturated heterocycles. The Hall–Kier alpha value is -2.74. The third-order valence-electron chi connectivity index (χ3n) is 8.34. The number of rotatable bonds is 3. The zero-order chi connectivity index (χ0) is 23.4. The lowest BCUT2D eigenvalue weighted by molar-refractivity contribution is -0.137. The standard InChI is InChI=1S/C26H34N6O2/c1-17-12-18(2)32(27-17)23-8-9-24(33)31(28-23)16-25(34)30-11-5-6-19-13-20-14-21(26(19)30)15-29-10-4-3-7-22(20)29/h8-9,12-13,20-22,26H,3-7,10-11,14-16H2,1-2H3/t20-,21+,22-,26-/m1/s1. The molecule has 4 atom stereocenters. The van der Waals surface area contributed by atoms with E-state index in [1.54, 1.807) is 10.7 Å². The molecule has 180 valence electrons. The van der Waals surface area contributed by atoms with Crippen molar-refractivity contribution in [2.24, 2.45) is 11.8 Å². The van der Waals surface area contributed by atoms with Gasteiger partial charge in [0.05, 0.1) is 11.7 Å². The Bertz CT molecular complexity index is 1200. The second kappa shape index (κ2) is 8.48. The lowest BCUT2D eigenvalue weighted by Gasteiger charge is -2.54. The van der Waals surface area contributed by atoms with Gasteiger partial charge < -0.3 is 4.90 Å². The highest BCUT2D eigenvalue weighted by atomic mass is 16.2. The maximum Gasteiger partial charge on any atom is 0.267 e. The molecule has 1 amide bonds. The Morgan fingerprint density at radius 3 is 2.82 bits per heavy atom. The van der Waals surface area contributed by atoms with Crippen molar-refractivity contribution in [3.05, 3.63) is 51.6 Å². The molecular weight excluding hydrogens is 428 g/mol. The van der Waals surface area contributed by atoms with Gasteiger partial charge in [0.15, 0.2) is 5.82 Å². The number of carbonyl (C=O) groups is 1. The summed E-state index contributed by atoms with van der Waals surface area (Å²) in [5.74, 6) is 1.69. The SMILES string of the molecule is Cc1cc(C)n(-c2ccc(=O)n(CC(=O)N3CCCC4=C[C@@H]5C[C@@H](CN6CCCC[C@H]56)[C@@H]43)n2)n1. The first-order valence-electron chi connectivity index (χ1n) is 12.8. The zero-order valence-corrected chi connectivity index (χ0v) is 20.2. The molecule has 0 saturated carbocycles. The van der Waals surface area contributed by atoms with Crippen molar-refractivity contribution < 1.29 is 4.79 Å². The van der Waals surface area contributed by atoms with Gasteiger partial charge in [-0.3, -0.25) is 14.5 Å². The largest absolute Gasteiger partial charge is 0.334 e. The van der Waals surface area contributed by atoms with Crippen molar-refractivity contribution in [3.8, 4) is 5.82 Å². The van der Waals surface area contributed by atoms with Crippen LogP contribution in [0.3, 0.4) is 0 Å². The fourth-order valence-electron chi connectivity index (χ4n) is 7.00. The Morgan fingerprint density at radius 1 is 1.12 bits per heavy atom. The van der Waals surface area contributed by atoms with E-state index >= 15 is 0 Å². The van der Waals surface area contributed by atoms with Crippen LogP contribution in [0, 0.1) is 25.7 Å². The van der Waals surface area contributed by atoms with Gasteiger partial charge >= 0.3 is 0 Å². The van der Waals surface area contributed by atoms with Gasteiger partial charge in [0, 0.05) is 30.9 Å². The van der Waals surface area contributed by atoms with Gasteiger partial charge in [-0.1, -0.05) is 18.1 Å². The van der Waals surface area contributed by atoms with E-state index in [-0.39, 0.29) is 24.1 Å². The van der Waals surface area contributed by atoms with Crippen LogP contribution in [-0.2, 0) is 11.3 Å². The molecule has 0 radical (unpaired) electrons. The summed E-state index contributed by atoms with van der Waals surface area (Å²) in [5, 5.41) is 8.98. The number of likely N-dealkylation sites (tertiary alicyclic amines) is 1. The summed E-state index contributed by atoms with van der Waals surface area (Å²) in [5.41, 5.74) is 3.03. The number of piperidine rings is 3. The molecule has 0 aromatic carbocycles. The molecule has 0 spiro atoms. The Kier molecular flexibility index (Phi) is 5.43. The van der Waals surface area contributed by atoms with Gasteiger partial charge in [0.2, 0.25) is 5.91 Å². The van der Waals surface area contributed by atoms with Crippen LogP contribution in [0.2, 0.25) is 0 Å². The molecule has 1 aliphatic carbocycles. The molecule has 4 aliphatic rings. The van der Waals surface area contributed by atoms with Crippen molar-refractivity contribution in [2.75, 3.05) is 19.6 Å². The second-order valence-electron chi connectivity index (χ2n) is 10.6. The summed E-state index contributed by atoms with van der Waals surface area (Å²) in [6, 6.07) is 6.00. The summed E-state index contributed by atoms with van der Waals surface area (Å²) >= 11 is 0. The van der Waals surface area contributed by atoms with E-state index < -0.39 is 0 Å². The lowest BCUT2D eigenvalue weighted by Crippen LogP contribution is -2.60. The van der Waals surface area contributed by atoms with E-state index in [1.807, 2.05) is 19.9 Å². The van der Waals surface area contributed by atoms with Crippen LogP contribution in [0.1, 0.15) is 49.9 Å². The van der Waals surface area contributed by atoms with E-state index in [4.69, 9.17) is 0 Å². The fourth-order valence-corrected chi connectivity index (χ4v) is 7.00. The van der Waals surface area contributed by atoms with Gasteiger partial charge in [0.1, 0.15) is 6.54 Å². The summed E-state index contributed by atoms with van der Waals surface area (Å²) in [7, 11) is 0. The zero-order valence-electron chi connectivity index (χ0n) is 20.2. The molecular formula is C26H34N6O2. The monoisotopic (exact) mass is 462 g/mol. The van der Waals surface area contributed by atoms with E-state index in [9.17, 15) is 9.59 Å². The molecule has 0 unspecified atom stereocenters. The minimum absolute atomic E-state index is 0.00469. The highest BCUT2D eigenvalue weighted by Crippen LogP contribution is 2.45. The minimum Gasteiger partial charge on any atom is -0.334 e. The summed E-state index contributed by atoms with van der Waals surface area (Å²) in [4.78, 5) is 31.0. The average Bonchev–Trinajstić information content (AvgIpc) is 3.18. The third kappa shape index (κ3) is 3.72. The third-order valence-corrected chi connectivity index (χ3v) is 8.34. The van der Waals surface area contributed by atoms with Gasteiger partial charge in [0.25, 0.3) is 5.56 Å². The molecule has 2 aromatic heterocycles. The molecule has 6 rings (SSSR count).